The van der Waals surface area contributed by atoms with Crippen LogP contribution in [0, 0.1) is 5.92 Å². The van der Waals surface area contributed by atoms with Crippen LogP contribution in [0.15, 0.2) is 18.2 Å². The van der Waals surface area contributed by atoms with Gasteiger partial charge in [-0.2, -0.15) is 13.2 Å². The summed E-state index contributed by atoms with van der Waals surface area (Å²) in [5, 5.41) is 0. The van der Waals surface area contributed by atoms with E-state index in [1.165, 1.54) is 25.1 Å². The minimum absolute atomic E-state index is 0.0176. The summed E-state index contributed by atoms with van der Waals surface area (Å²) >= 11 is 0. The first-order valence-corrected chi connectivity index (χ1v) is 6.11. The number of esters is 1. The molecule has 0 saturated heterocycles. The Kier molecular flexibility index (Phi) is 3.78. The van der Waals surface area contributed by atoms with Crippen molar-refractivity contribution in [1.82, 2.24) is 0 Å². The monoisotopic (exact) mass is 289 g/mol. The highest BCUT2D eigenvalue weighted by Crippen LogP contribution is 2.39. The molecular formula is C13H14F3NO3. The molecule has 0 spiro atoms. The molecule has 110 valence electrons. The largest absolute Gasteiger partial charge is 0.480 e. The van der Waals surface area contributed by atoms with Crippen LogP contribution >= 0.6 is 0 Å². The number of carbonyl (C=O) groups is 1. The van der Waals surface area contributed by atoms with Crippen molar-refractivity contribution in [2.75, 3.05) is 12.3 Å². The van der Waals surface area contributed by atoms with Gasteiger partial charge in [-0.1, -0.05) is 0 Å². The molecule has 1 aliphatic rings. The van der Waals surface area contributed by atoms with Gasteiger partial charge in [-0.25, -0.2) is 0 Å². The standard InChI is InChI=1S/C13H14F3NO3/c1-2-19-12(18)9-6-7-5-8(17)3-4-10(7)20-11(9)13(14,15)16/h3-5,9,11H,2,6,17H2,1H3/t9-,11+/m1/s1. The number of hydrogen-bond acceptors (Lipinski definition) is 4. The Hall–Kier alpha value is -1.92. The molecule has 0 radical (unpaired) electrons. The zero-order valence-electron chi connectivity index (χ0n) is 10.7. The molecule has 0 fully saturated rings. The number of benzene rings is 1. The molecule has 1 aromatic carbocycles. The summed E-state index contributed by atoms with van der Waals surface area (Å²) in [5.74, 6) is -2.23. The zero-order chi connectivity index (χ0) is 14.9. The summed E-state index contributed by atoms with van der Waals surface area (Å²) in [7, 11) is 0. The summed E-state index contributed by atoms with van der Waals surface area (Å²) in [6.07, 6.45) is -6.95. The molecule has 2 N–H and O–H groups in total. The van der Waals surface area contributed by atoms with Crippen LogP contribution < -0.4 is 10.5 Å². The highest BCUT2D eigenvalue weighted by Gasteiger charge is 2.52. The quantitative estimate of drug-likeness (QED) is 0.670. The second kappa shape index (κ2) is 5.22. The van der Waals surface area contributed by atoms with Crippen molar-refractivity contribution in [2.45, 2.75) is 25.6 Å². The Morgan fingerprint density at radius 3 is 2.80 bits per heavy atom. The molecule has 1 aliphatic heterocycles. The number of anilines is 1. The lowest BCUT2D eigenvalue weighted by Gasteiger charge is -2.33. The number of fused-ring (bicyclic) bond motifs is 1. The first-order chi connectivity index (χ1) is 9.32. The van der Waals surface area contributed by atoms with Gasteiger partial charge < -0.3 is 15.2 Å². The summed E-state index contributed by atoms with van der Waals surface area (Å²) < 4.78 is 48.7. The molecule has 0 aromatic heterocycles. The smallest absolute Gasteiger partial charge is 0.426 e. The fourth-order valence-corrected chi connectivity index (χ4v) is 2.19. The number of carbonyl (C=O) groups excluding carboxylic acids is 1. The highest BCUT2D eigenvalue weighted by molar-refractivity contribution is 5.74. The number of nitrogen functional groups attached to an aromatic ring is 1. The van der Waals surface area contributed by atoms with Crippen molar-refractivity contribution in [2.24, 2.45) is 5.92 Å². The zero-order valence-corrected chi connectivity index (χ0v) is 10.7. The van der Waals surface area contributed by atoms with Crippen LogP contribution in [0.4, 0.5) is 18.9 Å². The van der Waals surface area contributed by atoms with Gasteiger partial charge in [-0.3, -0.25) is 4.79 Å². The fourth-order valence-electron chi connectivity index (χ4n) is 2.19. The number of rotatable bonds is 2. The predicted molar refractivity (Wildman–Crippen MR) is 65.2 cm³/mol. The van der Waals surface area contributed by atoms with Gasteiger partial charge in [0.05, 0.1) is 6.61 Å². The lowest BCUT2D eigenvalue weighted by Crippen LogP contribution is -2.48. The molecule has 1 heterocycles. The molecule has 1 aromatic rings. The van der Waals surface area contributed by atoms with Gasteiger partial charge in [0.2, 0.25) is 6.10 Å². The number of alkyl halides is 3. The lowest BCUT2D eigenvalue weighted by atomic mass is 9.90. The maximum atomic E-state index is 13.0. The van der Waals surface area contributed by atoms with Gasteiger partial charge in [-0.15, -0.1) is 0 Å². The van der Waals surface area contributed by atoms with Crippen LogP contribution in [0.25, 0.3) is 0 Å². The van der Waals surface area contributed by atoms with Gasteiger partial charge in [0.15, 0.2) is 0 Å². The van der Waals surface area contributed by atoms with E-state index in [-0.39, 0.29) is 18.8 Å². The third kappa shape index (κ3) is 2.81. The molecule has 0 bridgehead atoms. The second-order valence-corrected chi connectivity index (χ2v) is 4.51. The lowest BCUT2D eigenvalue weighted by molar-refractivity contribution is -0.218. The molecule has 4 nitrogen and oxygen atoms in total. The fraction of sp³-hybridized carbons (Fsp3) is 0.462. The average Bonchev–Trinajstić information content (AvgIpc) is 2.36. The maximum absolute atomic E-state index is 13.0. The van der Waals surface area contributed by atoms with Crippen molar-refractivity contribution in [1.29, 1.82) is 0 Å². The van der Waals surface area contributed by atoms with E-state index in [0.29, 0.717) is 11.3 Å². The number of halogens is 3. The first kappa shape index (κ1) is 14.5. The highest BCUT2D eigenvalue weighted by atomic mass is 19.4. The van der Waals surface area contributed by atoms with Crippen molar-refractivity contribution < 1.29 is 27.4 Å². The average molecular weight is 289 g/mol. The number of hydrogen-bond donors (Lipinski definition) is 1. The third-order valence-electron chi connectivity index (χ3n) is 3.06. The van der Waals surface area contributed by atoms with E-state index in [2.05, 4.69) is 0 Å². The Morgan fingerprint density at radius 2 is 2.20 bits per heavy atom. The topological polar surface area (TPSA) is 61.5 Å². The molecule has 20 heavy (non-hydrogen) atoms. The van der Waals surface area contributed by atoms with Crippen molar-refractivity contribution in [3.05, 3.63) is 23.8 Å². The SMILES string of the molecule is CCOC(=O)[C@@H]1Cc2cc(N)ccc2O[C@@H]1C(F)(F)F. The Balaban J connectivity index is 2.35. The molecule has 0 unspecified atom stereocenters. The second-order valence-electron chi connectivity index (χ2n) is 4.51. The van der Waals surface area contributed by atoms with Gasteiger partial charge in [-0.05, 0) is 37.1 Å². The minimum atomic E-state index is -4.64. The van der Waals surface area contributed by atoms with E-state index in [1.54, 1.807) is 0 Å². The minimum Gasteiger partial charge on any atom is -0.480 e. The Bertz CT molecular complexity index is 516. The van der Waals surface area contributed by atoms with Crippen LogP contribution in [0.1, 0.15) is 12.5 Å². The summed E-state index contributed by atoms with van der Waals surface area (Å²) in [6, 6.07) is 4.34. The van der Waals surface area contributed by atoms with Gasteiger partial charge in [0, 0.05) is 5.69 Å². The van der Waals surface area contributed by atoms with Crippen LogP contribution in [0.3, 0.4) is 0 Å². The number of ether oxygens (including phenoxy) is 2. The van der Waals surface area contributed by atoms with Crippen LogP contribution in [-0.4, -0.2) is 24.9 Å². The number of nitrogens with two attached hydrogens (primary N) is 1. The van der Waals surface area contributed by atoms with Gasteiger partial charge in [0.1, 0.15) is 11.7 Å². The van der Waals surface area contributed by atoms with Crippen LogP contribution in [0.2, 0.25) is 0 Å². The summed E-state index contributed by atoms with van der Waals surface area (Å²) in [5.41, 5.74) is 6.47. The predicted octanol–water partition coefficient (Wildman–Crippen LogP) is 2.31. The van der Waals surface area contributed by atoms with Crippen molar-refractivity contribution >= 4 is 11.7 Å². The van der Waals surface area contributed by atoms with Crippen molar-refractivity contribution in [3.8, 4) is 5.75 Å². The van der Waals surface area contributed by atoms with E-state index in [9.17, 15) is 18.0 Å². The first-order valence-electron chi connectivity index (χ1n) is 6.11. The van der Waals surface area contributed by atoms with E-state index in [0.717, 1.165) is 0 Å². The normalized spacial score (nSPS) is 21.8. The molecule has 7 heteroatoms. The van der Waals surface area contributed by atoms with Crippen LogP contribution in [0.5, 0.6) is 5.75 Å². The van der Waals surface area contributed by atoms with E-state index in [4.69, 9.17) is 15.2 Å². The Morgan fingerprint density at radius 1 is 1.50 bits per heavy atom. The van der Waals surface area contributed by atoms with E-state index >= 15 is 0 Å². The van der Waals surface area contributed by atoms with Crippen LogP contribution in [-0.2, 0) is 16.0 Å². The molecule has 0 saturated carbocycles. The third-order valence-corrected chi connectivity index (χ3v) is 3.06. The molecule has 2 atom stereocenters. The maximum Gasteiger partial charge on any atom is 0.426 e. The van der Waals surface area contributed by atoms with Gasteiger partial charge in [0.25, 0.3) is 0 Å². The Labute approximate surface area is 113 Å². The van der Waals surface area contributed by atoms with Gasteiger partial charge >= 0.3 is 12.1 Å². The molecule has 2 rings (SSSR count). The summed E-state index contributed by atoms with van der Waals surface area (Å²) in [6.45, 7) is 1.56. The van der Waals surface area contributed by atoms with E-state index < -0.39 is 24.2 Å². The van der Waals surface area contributed by atoms with E-state index in [1.807, 2.05) is 0 Å². The summed E-state index contributed by atoms with van der Waals surface area (Å²) in [4.78, 5) is 11.7. The van der Waals surface area contributed by atoms with Crippen molar-refractivity contribution in [3.63, 3.8) is 0 Å². The molecular weight excluding hydrogens is 275 g/mol. The molecule has 0 aliphatic carbocycles. The molecule has 0 amide bonds.